The van der Waals surface area contributed by atoms with Crippen LogP contribution in [0.4, 0.5) is 0 Å². The molecule has 1 aromatic rings. The van der Waals surface area contributed by atoms with Gasteiger partial charge in [-0.2, -0.15) is 0 Å². The number of pyridine rings is 1. The van der Waals surface area contributed by atoms with E-state index >= 15 is 0 Å². The van der Waals surface area contributed by atoms with Gasteiger partial charge in [0.25, 0.3) is 0 Å². The van der Waals surface area contributed by atoms with Crippen LogP contribution in [0.15, 0.2) is 18.3 Å². The molecule has 1 aliphatic heterocycles. The first-order chi connectivity index (χ1) is 7.32. The molecule has 16 heavy (non-hydrogen) atoms. The van der Waals surface area contributed by atoms with Crippen LogP contribution in [0.25, 0.3) is 0 Å². The van der Waals surface area contributed by atoms with Crippen LogP contribution in [0.2, 0.25) is 0 Å². The standard InChI is InChI=1S/C11H17B2NO2/c1-10(2)11(3,4)16-13(15-10)8-5-6-9(12)14-7-8/h5-7H,12H2,1-4H3. The van der Waals surface area contributed by atoms with Gasteiger partial charge in [-0.05, 0) is 33.3 Å². The number of hydrogen-bond acceptors (Lipinski definition) is 3. The van der Waals surface area contributed by atoms with Crippen molar-refractivity contribution >= 4 is 26.0 Å². The highest BCUT2D eigenvalue weighted by atomic mass is 16.7. The minimum absolute atomic E-state index is 0.289. The third-order valence-corrected chi connectivity index (χ3v) is 3.46. The van der Waals surface area contributed by atoms with Gasteiger partial charge < -0.3 is 9.31 Å². The van der Waals surface area contributed by atoms with Crippen LogP contribution in [0.3, 0.4) is 0 Å². The molecule has 0 atom stereocenters. The lowest BCUT2D eigenvalue weighted by Crippen LogP contribution is -2.41. The van der Waals surface area contributed by atoms with Crippen LogP contribution in [0.5, 0.6) is 0 Å². The SMILES string of the molecule is Bc1ccc(B2OC(C)(C)C(C)(C)O2)cn1. The number of rotatable bonds is 1. The Morgan fingerprint density at radius 1 is 1.12 bits per heavy atom. The van der Waals surface area contributed by atoms with E-state index in [0.29, 0.717) is 0 Å². The summed E-state index contributed by atoms with van der Waals surface area (Å²) in [7, 11) is 1.66. The van der Waals surface area contributed by atoms with Crippen molar-refractivity contribution in [3.8, 4) is 0 Å². The van der Waals surface area contributed by atoms with E-state index in [4.69, 9.17) is 9.31 Å². The third kappa shape index (κ3) is 1.89. The van der Waals surface area contributed by atoms with Crippen LogP contribution in [0, 0.1) is 0 Å². The summed E-state index contributed by atoms with van der Waals surface area (Å²) in [6.07, 6.45) is 1.82. The second-order valence-corrected chi connectivity index (χ2v) is 5.32. The molecule has 2 rings (SSSR count). The topological polar surface area (TPSA) is 31.4 Å². The molecule has 3 nitrogen and oxygen atoms in total. The van der Waals surface area contributed by atoms with Crippen molar-refractivity contribution in [1.82, 2.24) is 4.98 Å². The van der Waals surface area contributed by atoms with Gasteiger partial charge in [-0.25, -0.2) is 0 Å². The van der Waals surface area contributed by atoms with E-state index in [9.17, 15) is 0 Å². The van der Waals surface area contributed by atoms with Gasteiger partial charge in [0.2, 0.25) is 0 Å². The molecule has 1 aliphatic rings. The first kappa shape index (κ1) is 11.7. The molecule has 1 aromatic heterocycles. The van der Waals surface area contributed by atoms with E-state index in [1.54, 1.807) is 0 Å². The first-order valence-corrected chi connectivity index (χ1v) is 5.60. The van der Waals surface area contributed by atoms with Crippen molar-refractivity contribution in [1.29, 1.82) is 0 Å². The second-order valence-electron chi connectivity index (χ2n) is 5.32. The Kier molecular flexibility index (Phi) is 2.63. The van der Waals surface area contributed by atoms with E-state index in [1.807, 2.05) is 26.2 Å². The minimum atomic E-state index is -0.307. The molecule has 0 amide bonds. The van der Waals surface area contributed by atoms with E-state index < -0.39 is 0 Å². The molecule has 0 saturated carbocycles. The van der Waals surface area contributed by atoms with Crippen LogP contribution in [-0.4, -0.2) is 31.2 Å². The van der Waals surface area contributed by atoms with Crippen molar-refractivity contribution < 1.29 is 9.31 Å². The Morgan fingerprint density at radius 2 is 1.69 bits per heavy atom. The van der Waals surface area contributed by atoms with E-state index in [0.717, 1.165) is 11.1 Å². The van der Waals surface area contributed by atoms with Gasteiger partial charge in [0, 0.05) is 11.7 Å². The zero-order valence-electron chi connectivity index (χ0n) is 10.6. The molecule has 0 unspecified atom stereocenters. The quantitative estimate of drug-likeness (QED) is 0.602. The average molecular weight is 217 g/mol. The molecule has 0 N–H and O–H groups in total. The summed E-state index contributed by atoms with van der Waals surface area (Å²) in [6, 6.07) is 3.98. The van der Waals surface area contributed by atoms with Gasteiger partial charge in [-0.1, -0.05) is 12.1 Å². The fraction of sp³-hybridized carbons (Fsp3) is 0.545. The van der Waals surface area contributed by atoms with Gasteiger partial charge in [-0.3, -0.25) is 4.98 Å². The maximum atomic E-state index is 5.93. The highest BCUT2D eigenvalue weighted by Gasteiger charge is 2.51. The molecule has 84 valence electrons. The van der Waals surface area contributed by atoms with Crippen molar-refractivity contribution in [2.45, 2.75) is 38.9 Å². The summed E-state index contributed by atoms with van der Waals surface area (Å²) in [5, 5.41) is 0. The molecular weight excluding hydrogens is 200 g/mol. The van der Waals surface area contributed by atoms with Crippen LogP contribution >= 0.6 is 0 Å². The van der Waals surface area contributed by atoms with Crippen LogP contribution < -0.4 is 11.1 Å². The molecule has 1 saturated heterocycles. The summed E-state index contributed by atoms with van der Waals surface area (Å²) in [4.78, 5) is 4.26. The average Bonchev–Trinajstić information content (AvgIpc) is 2.37. The lowest BCUT2D eigenvalue weighted by molar-refractivity contribution is 0.00578. The molecule has 0 aliphatic carbocycles. The van der Waals surface area contributed by atoms with Gasteiger partial charge >= 0.3 is 7.12 Å². The molecule has 0 radical (unpaired) electrons. The van der Waals surface area contributed by atoms with Gasteiger partial charge in [0.15, 0.2) is 7.85 Å². The number of nitrogens with zero attached hydrogens (tertiary/aromatic N) is 1. The Morgan fingerprint density at radius 3 is 2.12 bits per heavy atom. The smallest absolute Gasteiger partial charge is 0.399 e. The molecule has 1 fully saturated rings. The fourth-order valence-electron chi connectivity index (χ4n) is 1.60. The Hall–Kier alpha value is -0.800. The zero-order valence-corrected chi connectivity index (χ0v) is 10.6. The Bertz CT molecular complexity index is 373. The predicted molar refractivity (Wildman–Crippen MR) is 68.1 cm³/mol. The summed E-state index contributed by atoms with van der Waals surface area (Å²) < 4.78 is 11.9. The van der Waals surface area contributed by atoms with E-state index in [2.05, 4.69) is 32.7 Å². The van der Waals surface area contributed by atoms with Crippen molar-refractivity contribution in [3.05, 3.63) is 18.3 Å². The van der Waals surface area contributed by atoms with Crippen molar-refractivity contribution in [2.75, 3.05) is 0 Å². The number of hydrogen-bond donors (Lipinski definition) is 0. The summed E-state index contributed by atoms with van der Waals surface area (Å²) >= 11 is 0. The molecule has 0 spiro atoms. The van der Waals surface area contributed by atoms with Crippen LogP contribution in [0.1, 0.15) is 27.7 Å². The molecule has 5 heteroatoms. The zero-order chi connectivity index (χ0) is 12.0. The second kappa shape index (κ2) is 3.60. The number of aromatic nitrogens is 1. The van der Waals surface area contributed by atoms with Crippen molar-refractivity contribution in [2.24, 2.45) is 0 Å². The lowest BCUT2D eigenvalue weighted by Gasteiger charge is -2.32. The van der Waals surface area contributed by atoms with Crippen molar-refractivity contribution in [3.63, 3.8) is 0 Å². The Balaban J connectivity index is 2.23. The first-order valence-electron chi connectivity index (χ1n) is 5.60. The molecular formula is C11H17B2NO2. The van der Waals surface area contributed by atoms with E-state index in [1.165, 1.54) is 0 Å². The maximum absolute atomic E-state index is 5.93. The molecule has 0 bridgehead atoms. The summed E-state index contributed by atoms with van der Waals surface area (Å²) in [5.41, 5.74) is 1.40. The largest absolute Gasteiger partial charge is 0.496 e. The van der Waals surface area contributed by atoms with Crippen LogP contribution in [-0.2, 0) is 9.31 Å². The van der Waals surface area contributed by atoms with Gasteiger partial charge in [0.05, 0.1) is 11.2 Å². The van der Waals surface area contributed by atoms with Gasteiger partial charge in [0.1, 0.15) is 0 Å². The maximum Gasteiger partial charge on any atom is 0.496 e. The third-order valence-electron chi connectivity index (χ3n) is 3.46. The Labute approximate surface area is 98.1 Å². The highest BCUT2D eigenvalue weighted by molar-refractivity contribution is 6.62. The minimum Gasteiger partial charge on any atom is -0.399 e. The monoisotopic (exact) mass is 217 g/mol. The highest BCUT2D eigenvalue weighted by Crippen LogP contribution is 2.36. The summed E-state index contributed by atoms with van der Waals surface area (Å²) in [5.74, 6) is 0. The normalized spacial score (nSPS) is 22.4. The molecule has 0 aromatic carbocycles. The summed E-state index contributed by atoms with van der Waals surface area (Å²) in [6.45, 7) is 8.20. The predicted octanol–water partition coefficient (Wildman–Crippen LogP) is -0.361. The molecule has 2 heterocycles. The van der Waals surface area contributed by atoms with E-state index in [-0.39, 0.29) is 18.3 Å². The lowest BCUT2D eigenvalue weighted by atomic mass is 9.80. The van der Waals surface area contributed by atoms with Gasteiger partial charge in [-0.15, -0.1) is 0 Å². The fourth-order valence-corrected chi connectivity index (χ4v) is 1.60.